The molecule has 0 fully saturated rings. The lowest BCUT2D eigenvalue weighted by molar-refractivity contribution is 0.250. The molecular weight excluding hydrogens is 163 g/mol. The summed E-state index contributed by atoms with van der Waals surface area (Å²) in [5, 5.41) is 0. The average molecular weight is 188 g/mol. The molecular formula is C12H25F. The van der Waals surface area contributed by atoms with Gasteiger partial charge in [0, 0.05) is 0 Å². The fourth-order valence-corrected chi connectivity index (χ4v) is 1.77. The Balaban J connectivity index is 3.81. The summed E-state index contributed by atoms with van der Waals surface area (Å²) < 4.78 is 12.7. The third kappa shape index (κ3) is 7.04. The predicted molar refractivity (Wildman–Crippen MR) is 57.6 cm³/mol. The normalized spacial score (nSPS) is 16.6. The monoisotopic (exact) mass is 188 g/mol. The second-order valence-electron chi connectivity index (χ2n) is 4.99. The fraction of sp³-hybridized carbons (Fsp3) is 1.00. The molecule has 13 heavy (non-hydrogen) atoms. The van der Waals surface area contributed by atoms with Gasteiger partial charge < -0.3 is 0 Å². The van der Waals surface area contributed by atoms with Crippen molar-refractivity contribution in [2.24, 2.45) is 17.8 Å². The van der Waals surface area contributed by atoms with E-state index in [0.717, 1.165) is 18.8 Å². The average Bonchev–Trinajstić information content (AvgIpc) is 1.96. The largest absolute Gasteiger partial charge is 0.248 e. The number of hydrogen-bond acceptors (Lipinski definition) is 0. The summed E-state index contributed by atoms with van der Waals surface area (Å²) in [6.45, 7) is 10.6. The molecule has 0 bridgehead atoms. The maximum absolute atomic E-state index is 12.7. The first-order valence-corrected chi connectivity index (χ1v) is 5.57. The van der Waals surface area contributed by atoms with Crippen LogP contribution in [0.1, 0.15) is 53.9 Å². The summed E-state index contributed by atoms with van der Waals surface area (Å²) in [5.41, 5.74) is 0. The van der Waals surface area contributed by atoms with Gasteiger partial charge in [0.1, 0.15) is 0 Å². The van der Waals surface area contributed by atoms with Crippen LogP contribution in [0.2, 0.25) is 0 Å². The Kier molecular flexibility index (Phi) is 6.36. The summed E-state index contributed by atoms with van der Waals surface area (Å²) in [5.74, 6) is 2.14. The SMILES string of the molecule is CC(C)CC(CCC(C)F)C(C)C. The highest BCUT2D eigenvalue weighted by molar-refractivity contribution is 4.66. The number of hydrogen-bond donors (Lipinski definition) is 0. The molecule has 0 saturated carbocycles. The Labute approximate surface area is 82.9 Å². The second kappa shape index (κ2) is 6.39. The molecule has 0 radical (unpaired) electrons. The molecule has 2 unspecified atom stereocenters. The lowest BCUT2D eigenvalue weighted by atomic mass is 9.84. The quantitative estimate of drug-likeness (QED) is 0.578. The molecule has 0 aromatic rings. The van der Waals surface area contributed by atoms with Gasteiger partial charge in [-0.15, -0.1) is 0 Å². The molecule has 0 nitrogen and oxygen atoms in total. The molecule has 0 N–H and O–H groups in total. The molecule has 0 aliphatic heterocycles. The van der Waals surface area contributed by atoms with E-state index in [1.807, 2.05) is 0 Å². The Morgan fingerprint density at radius 3 is 1.77 bits per heavy atom. The van der Waals surface area contributed by atoms with Crippen molar-refractivity contribution in [3.05, 3.63) is 0 Å². The maximum atomic E-state index is 12.7. The molecule has 0 aliphatic rings. The van der Waals surface area contributed by atoms with E-state index in [2.05, 4.69) is 27.7 Å². The zero-order valence-electron chi connectivity index (χ0n) is 9.81. The molecule has 1 heteroatoms. The lowest BCUT2D eigenvalue weighted by Crippen LogP contribution is -2.13. The van der Waals surface area contributed by atoms with Crippen LogP contribution in [0.3, 0.4) is 0 Å². The van der Waals surface area contributed by atoms with Gasteiger partial charge in [0.15, 0.2) is 0 Å². The van der Waals surface area contributed by atoms with E-state index < -0.39 is 6.17 Å². The van der Waals surface area contributed by atoms with Crippen molar-refractivity contribution in [1.29, 1.82) is 0 Å². The van der Waals surface area contributed by atoms with Gasteiger partial charge in [-0.05, 0) is 43.9 Å². The van der Waals surface area contributed by atoms with Crippen molar-refractivity contribution in [2.45, 2.75) is 60.1 Å². The minimum absolute atomic E-state index is 0.631. The van der Waals surface area contributed by atoms with E-state index in [0.29, 0.717) is 11.8 Å². The smallest absolute Gasteiger partial charge is 0.0973 e. The molecule has 80 valence electrons. The summed E-state index contributed by atoms with van der Waals surface area (Å²) in [6.07, 6.45) is 2.39. The Morgan fingerprint density at radius 2 is 1.46 bits per heavy atom. The highest BCUT2D eigenvalue weighted by Crippen LogP contribution is 2.25. The van der Waals surface area contributed by atoms with Crippen molar-refractivity contribution < 1.29 is 4.39 Å². The van der Waals surface area contributed by atoms with Crippen LogP contribution in [-0.2, 0) is 0 Å². The highest BCUT2D eigenvalue weighted by Gasteiger charge is 2.15. The molecule has 0 heterocycles. The third-order valence-corrected chi connectivity index (χ3v) is 2.65. The van der Waals surface area contributed by atoms with Gasteiger partial charge in [-0.3, -0.25) is 0 Å². The van der Waals surface area contributed by atoms with E-state index in [4.69, 9.17) is 0 Å². The zero-order valence-corrected chi connectivity index (χ0v) is 9.81. The minimum atomic E-state index is -0.631. The molecule has 0 saturated heterocycles. The lowest BCUT2D eigenvalue weighted by Gasteiger charge is -2.22. The summed E-state index contributed by atoms with van der Waals surface area (Å²) >= 11 is 0. The van der Waals surface area contributed by atoms with Crippen molar-refractivity contribution in [3.63, 3.8) is 0 Å². The molecule has 0 rings (SSSR count). The summed E-state index contributed by atoms with van der Waals surface area (Å²) in [7, 11) is 0. The van der Waals surface area contributed by atoms with E-state index >= 15 is 0 Å². The number of rotatable bonds is 6. The standard InChI is InChI=1S/C12H25F/c1-9(2)8-12(10(3)4)7-6-11(5)13/h9-12H,6-8H2,1-5H3. The van der Waals surface area contributed by atoms with Crippen LogP contribution in [0.25, 0.3) is 0 Å². The van der Waals surface area contributed by atoms with Crippen LogP contribution < -0.4 is 0 Å². The van der Waals surface area contributed by atoms with Gasteiger partial charge in [0.25, 0.3) is 0 Å². The number of halogens is 1. The fourth-order valence-electron chi connectivity index (χ4n) is 1.77. The predicted octanol–water partition coefficient (Wildman–Crippen LogP) is 4.44. The Bertz CT molecular complexity index is 116. The maximum Gasteiger partial charge on any atom is 0.0973 e. The van der Waals surface area contributed by atoms with Gasteiger partial charge in [0.05, 0.1) is 6.17 Å². The van der Waals surface area contributed by atoms with Crippen molar-refractivity contribution >= 4 is 0 Å². The van der Waals surface area contributed by atoms with Crippen LogP contribution in [0, 0.1) is 17.8 Å². The first kappa shape index (κ1) is 12.9. The topological polar surface area (TPSA) is 0 Å². The second-order valence-corrected chi connectivity index (χ2v) is 4.99. The molecule has 0 aromatic carbocycles. The summed E-state index contributed by atoms with van der Waals surface area (Å²) in [4.78, 5) is 0. The Morgan fingerprint density at radius 1 is 0.923 bits per heavy atom. The third-order valence-electron chi connectivity index (χ3n) is 2.65. The minimum Gasteiger partial charge on any atom is -0.248 e. The summed E-state index contributed by atoms with van der Waals surface area (Å²) in [6, 6.07) is 0. The zero-order chi connectivity index (χ0) is 10.4. The number of alkyl halides is 1. The van der Waals surface area contributed by atoms with E-state index in [9.17, 15) is 4.39 Å². The van der Waals surface area contributed by atoms with Gasteiger partial charge in [-0.25, -0.2) is 4.39 Å². The van der Waals surface area contributed by atoms with Crippen LogP contribution in [0.15, 0.2) is 0 Å². The van der Waals surface area contributed by atoms with Gasteiger partial charge in [-0.1, -0.05) is 27.7 Å². The molecule has 2 atom stereocenters. The highest BCUT2D eigenvalue weighted by atomic mass is 19.1. The van der Waals surface area contributed by atoms with Gasteiger partial charge >= 0.3 is 0 Å². The van der Waals surface area contributed by atoms with Crippen molar-refractivity contribution in [2.75, 3.05) is 0 Å². The van der Waals surface area contributed by atoms with E-state index in [-0.39, 0.29) is 0 Å². The molecule has 0 spiro atoms. The van der Waals surface area contributed by atoms with E-state index in [1.54, 1.807) is 6.92 Å². The van der Waals surface area contributed by atoms with Gasteiger partial charge in [0.2, 0.25) is 0 Å². The van der Waals surface area contributed by atoms with Crippen LogP contribution in [0.5, 0.6) is 0 Å². The van der Waals surface area contributed by atoms with Crippen molar-refractivity contribution in [3.8, 4) is 0 Å². The van der Waals surface area contributed by atoms with E-state index in [1.165, 1.54) is 6.42 Å². The molecule has 0 aliphatic carbocycles. The van der Waals surface area contributed by atoms with Crippen LogP contribution >= 0.6 is 0 Å². The molecule has 0 amide bonds. The first-order valence-electron chi connectivity index (χ1n) is 5.57. The van der Waals surface area contributed by atoms with Gasteiger partial charge in [-0.2, -0.15) is 0 Å². The van der Waals surface area contributed by atoms with Crippen molar-refractivity contribution in [1.82, 2.24) is 0 Å². The van der Waals surface area contributed by atoms with Crippen LogP contribution in [-0.4, -0.2) is 6.17 Å². The molecule has 0 aromatic heterocycles. The Hall–Kier alpha value is -0.0700. The van der Waals surface area contributed by atoms with Crippen LogP contribution in [0.4, 0.5) is 4.39 Å². The first-order chi connectivity index (χ1) is 5.93.